The monoisotopic (exact) mass is 331 g/mol. The summed E-state index contributed by atoms with van der Waals surface area (Å²) in [6.07, 6.45) is 0. The van der Waals surface area contributed by atoms with Crippen molar-refractivity contribution in [1.82, 2.24) is 5.32 Å². The van der Waals surface area contributed by atoms with Gasteiger partial charge in [0, 0.05) is 26.7 Å². The largest absolute Gasteiger partial charge is 0.395 e. The Morgan fingerprint density at radius 3 is 2.61 bits per heavy atom. The van der Waals surface area contributed by atoms with Gasteiger partial charge in [0.1, 0.15) is 0 Å². The average Bonchev–Trinajstić information content (AvgIpc) is 2.26. The molecule has 0 heterocycles. The highest BCUT2D eigenvalue weighted by atomic mass is 79.9. The number of thioether (sulfide) groups is 1. The summed E-state index contributed by atoms with van der Waals surface area (Å²) in [5.74, 6) is 0. The van der Waals surface area contributed by atoms with E-state index in [-0.39, 0.29) is 17.4 Å². The molecule has 0 radical (unpaired) electrons. The molecule has 102 valence electrons. The van der Waals surface area contributed by atoms with Crippen LogP contribution in [0.3, 0.4) is 0 Å². The Balaban J connectivity index is 2.82. The second-order valence-corrected chi connectivity index (χ2v) is 7.86. The van der Waals surface area contributed by atoms with Gasteiger partial charge in [0.25, 0.3) is 0 Å². The third-order valence-electron chi connectivity index (χ3n) is 2.42. The van der Waals surface area contributed by atoms with E-state index in [2.05, 4.69) is 60.2 Å². The molecule has 0 spiro atoms. The lowest BCUT2D eigenvalue weighted by Gasteiger charge is -2.22. The zero-order valence-corrected chi connectivity index (χ0v) is 13.9. The maximum Gasteiger partial charge on any atom is 0.0550 e. The summed E-state index contributed by atoms with van der Waals surface area (Å²) in [6, 6.07) is 6.32. The lowest BCUT2D eigenvalue weighted by molar-refractivity contribution is 0.300. The van der Waals surface area contributed by atoms with Gasteiger partial charge in [-0.3, -0.25) is 0 Å². The zero-order valence-electron chi connectivity index (χ0n) is 11.5. The molecular weight excluding hydrogens is 310 g/mol. The van der Waals surface area contributed by atoms with Crippen LogP contribution in [-0.4, -0.2) is 22.5 Å². The highest BCUT2D eigenvalue weighted by Gasteiger charge is 2.12. The van der Waals surface area contributed by atoms with Crippen LogP contribution in [0, 0.1) is 0 Å². The molecular formula is C14H22BrNOS. The summed E-state index contributed by atoms with van der Waals surface area (Å²) in [6.45, 7) is 9.56. The van der Waals surface area contributed by atoms with Crippen LogP contribution in [-0.2, 0) is 6.54 Å². The van der Waals surface area contributed by atoms with Gasteiger partial charge in [0.05, 0.1) is 6.61 Å². The lowest BCUT2D eigenvalue weighted by Crippen LogP contribution is -2.35. The Kier molecular flexibility index (Phi) is 6.18. The fourth-order valence-corrected chi connectivity index (χ4v) is 2.91. The normalized spacial score (nSPS) is 13.7. The van der Waals surface area contributed by atoms with Crippen molar-refractivity contribution in [2.45, 2.75) is 49.9 Å². The highest BCUT2D eigenvalue weighted by molar-refractivity contribution is 9.10. The summed E-state index contributed by atoms with van der Waals surface area (Å²) in [4.78, 5) is 1.22. The van der Waals surface area contributed by atoms with Crippen molar-refractivity contribution in [3.63, 3.8) is 0 Å². The van der Waals surface area contributed by atoms with Gasteiger partial charge in [-0.2, -0.15) is 0 Å². The van der Waals surface area contributed by atoms with E-state index in [0.29, 0.717) is 0 Å². The van der Waals surface area contributed by atoms with Crippen molar-refractivity contribution in [2.24, 2.45) is 0 Å². The predicted octanol–water partition coefficient (Wildman–Crippen LogP) is 3.81. The maximum atomic E-state index is 9.17. The molecule has 2 nitrogen and oxygen atoms in total. The quantitative estimate of drug-likeness (QED) is 0.804. The van der Waals surface area contributed by atoms with Crippen LogP contribution in [0.2, 0.25) is 0 Å². The first-order valence-corrected chi connectivity index (χ1v) is 7.80. The van der Waals surface area contributed by atoms with Gasteiger partial charge in [0.15, 0.2) is 0 Å². The van der Waals surface area contributed by atoms with Crippen LogP contribution in [0.15, 0.2) is 27.6 Å². The molecule has 2 N–H and O–H groups in total. The van der Waals surface area contributed by atoms with Crippen LogP contribution >= 0.6 is 27.7 Å². The Labute approximate surface area is 123 Å². The molecule has 18 heavy (non-hydrogen) atoms. The van der Waals surface area contributed by atoms with E-state index in [1.807, 2.05) is 6.92 Å². The average molecular weight is 332 g/mol. The Bertz CT molecular complexity index is 390. The molecule has 1 rings (SSSR count). The first-order valence-electron chi connectivity index (χ1n) is 6.13. The maximum absolute atomic E-state index is 9.17. The van der Waals surface area contributed by atoms with Crippen molar-refractivity contribution in [2.75, 3.05) is 6.61 Å². The van der Waals surface area contributed by atoms with Gasteiger partial charge < -0.3 is 10.4 Å². The fraction of sp³-hybridized carbons (Fsp3) is 0.571. The molecule has 0 saturated carbocycles. The van der Waals surface area contributed by atoms with E-state index in [0.717, 1.165) is 11.0 Å². The van der Waals surface area contributed by atoms with E-state index in [4.69, 9.17) is 5.11 Å². The van der Waals surface area contributed by atoms with Gasteiger partial charge in [-0.25, -0.2) is 0 Å². The van der Waals surface area contributed by atoms with Crippen LogP contribution < -0.4 is 5.32 Å². The third kappa shape index (κ3) is 5.74. The lowest BCUT2D eigenvalue weighted by atomic mass is 10.1. The van der Waals surface area contributed by atoms with Crippen molar-refractivity contribution in [1.29, 1.82) is 0 Å². The third-order valence-corrected chi connectivity index (χ3v) is 4.10. The predicted molar refractivity (Wildman–Crippen MR) is 83.1 cm³/mol. The topological polar surface area (TPSA) is 32.3 Å². The number of benzene rings is 1. The number of aliphatic hydroxyl groups excluding tert-OH is 1. The molecule has 1 atom stereocenters. The van der Waals surface area contributed by atoms with Gasteiger partial charge in [-0.05, 0) is 38.5 Å². The Morgan fingerprint density at radius 1 is 1.39 bits per heavy atom. The van der Waals surface area contributed by atoms with E-state index in [1.54, 1.807) is 11.8 Å². The molecule has 1 unspecified atom stereocenters. The number of rotatable bonds is 5. The fourth-order valence-electron chi connectivity index (χ4n) is 1.40. The summed E-state index contributed by atoms with van der Waals surface area (Å²) < 4.78 is 1.08. The van der Waals surface area contributed by atoms with Crippen molar-refractivity contribution in [3.05, 3.63) is 28.2 Å². The summed E-state index contributed by atoms with van der Waals surface area (Å²) >= 11 is 5.22. The van der Waals surface area contributed by atoms with E-state index >= 15 is 0 Å². The van der Waals surface area contributed by atoms with E-state index < -0.39 is 0 Å². The van der Waals surface area contributed by atoms with Gasteiger partial charge in [-0.15, -0.1) is 11.8 Å². The van der Waals surface area contributed by atoms with Gasteiger partial charge in [-0.1, -0.05) is 28.9 Å². The summed E-state index contributed by atoms with van der Waals surface area (Å²) in [5, 5.41) is 12.9. The van der Waals surface area contributed by atoms with E-state index in [9.17, 15) is 0 Å². The molecule has 4 heteroatoms. The summed E-state index contributed by atoms with van der Waals surface area (Å²) in [5.41, 5.74) is 1.39. The molecule has 0 aliphatic rings. The molecule has 0 saturated heterocycles. The van der Waals surface area contributed by atoms with Crippen molar-refractivity contribution in [3.8, 4) is 0 Å². The highest BCUT2D eigenvalue weighted by Crippen LogP contribution is 2.29. The smallest absolute Gasteiger partial charge is 0.0550 e. The van der Waals surface area contributed by atoms with Gasteiger partial charge in [0.2, 0.25) is 0 Å². The first-order chi connectivity index (χ1) is 8.31. The number of halogens is 1. The van der Waals surface area contributed by atoms with Crippen LogP contribution in [0.5, 0.6) is 0 Å². The summed E-state index contributed by atoms with van der Waals surface area (Å²) in [7, 11) is 0. The van der Waals surface area contributed by atoms with Crippen LogP contribution in [0.4, 0.5) is 0 Å². The standard InChI is InChI=1S/C14H22BrNOS/c1-10(9-17)18-13-7-12(15)6-5-11(13)8-16-14(2,3)4/h5-7,10,16-17H,8-9H2,1-4H3. The number of nitrogens with one attached hydrogen (secondary N) is 1. The Hall–Kier alpha value is -0.0300. The SMILES string of the molecule is CC(CO)Sc1cc(Br)ccc1CNC(C)(C)C. The minimum atomic E-state index is 0.109. The number of hydrogen-bond acceptors (Lipinski definition) is 3. The van der Waals surface area contributed by atoms with Crippen molar-refractivity contribution >= 4 is 27.7 Å². The van der Waals surface area contributed by atoms with Gasteiger partial charge >= 0.3 is 0 Å². The van der Waals surface area contributed by atoms with Crippen molar-refractivity contribution < 1.29 is 5.11 Å². The Morgan fingerprint density at radius 2 is 2.06 bits per heavy atom. The minimum Gasteiger partial charge on any atom is -0.395 e. The molecule has 0 aromatic heterocycles. The molecule has 0 aliphatic carbocycles. The first kappa shape index (κ1) is 16.0. The molecule has 1 aromatic carbocycles. The number of hydrogen-bond donors (Lipinski definition) is 2. The van der Waals surface area contributed by atoms with Crippen LogP contribution in [0.25, 0.3) is 0 Å². The minimum absolute atomic E-state index is 0.109. The molecule has 0 amide bonds. The zero-order chi connectivity index (χ0) is 13.8. The molecule has 0 bridgehead atoms. The molecule has 0 fully saturated rings. The molecule has 0 aliphatic heterocycles. The second kappa shape index (κ2) is 6.94. The molecule has 1 aromatic rings. The van der Waals surface area contributed by atoms with Crippen LogP contribution in [0.1, 0.15) is 33.3 Å². The number of aliphatic hydroxyl groups is 1. The van der Waals surface area contributed by atoms with E-state index in [1.165, 1.54) is 10.5 Å². The second-order valence-electron chi connectivity index (χ2n) is 5.47.